The Bertz CT molecular complexity index is 1150. The number of imidazole rings is 1. The van der Waals surface area contributed by atoms with E-state index in [0.29, 0.717) is 0 Å². The van der Waals surface area contributed by atoms with Crippen LogP contribution in [-0.2, 0) is 32.0 Å². The molecule has 0 bridgehead atoms. The number of rotatable bonds is 11. The van der Waals surface area contributed by atoms with Gasteiger partial charge in [0.05, 0.1) is 19.5 Å². The number of aliphatic hydroxyl groups is 2. The molecule has 1 amide bonds. The summed E-state index contributed by atoms with van der Waals surface area (Å²) in [7, 11) is -9.62. The van der Waals surface area contributed by atoms with E-state index in [-0.39, 0.29) is 23.5 Å². The SMILES string of the molecule is C=CC(=O)NCCOP(N)(=O)OP(=O)(O)OC[C@H]1O[C@@H](n2cnc3c(N)ncnc32)[C@H](O)[C@@H]1O. The van der Waals surface area contributed by atoms with Gasteiger partial charge in [0.1, 0.15) is 30.2 Å². The lowest BCUT2D eigenvalue weighted by atomic mass is 10.1. The van der Waals surface area contributed by atoms with Crippen molar-refractivity contribution in [2.75, 3.05) is 25.5 Å². The molecule has 17 nitrogen and oxygen atoms in total. The lowest BCUT2D eigenvalue weighted by molar-refractivity contribution is -0.116. The molecule has 2 aromatic rings. The molecule has 3 rings (SSSR count). The summed E-state index contributed by atoms with van der Waals surface area (Å²) in [6, 6.07) is 0. The van der Waals surface area contributed by atoms with Gasteiger partial charge in [-0.1, -0.05) is 6.58 Å². The highest BCUT2D eigenvalue weighted by Gasteiger charge is 2.46. The number of aromatic nitrogens is 4. The quantitative estimate of drug-likeness (QED) is 0.112. The minimum Gasteiger partial charge on any atom is -0.387 e. The van der Waals surface area contributed by atoms with Gasteiger partial charge in [-0.2, -0.15) is 4.31 Å². The van der Waals surface area contributed by atoms with Crippen molar-refractivity contribution in [2.45, 2.75) is 24.5 Å². The van der Waals surface area contributed by atoms with Crippen molar-refractivity contribution in [1.82, 2.24) is 24.8 Å². The summed E-state index contributed by atoms with van der Waals surface area (Å²) in [5.74, 6) is -0.436. The summed E-state index contributed by atoms with van der Waals surface area (Å²) in [5.41, 5.74) is 11.4. The van der Waals surface area contributed by atoms with Crippen LogP contribution in [0.15, 0.2) is 25.3 Å². The number of fused-ring (bicyclic) bond motifs is 1. The van der Waals surface area contributed by atoms with Crippen LogP contribution < -0.4 is 16.6 Å². The van der Waals surface area contributed by atoms with E-state index in [1.807, 2.05) is 0 Å². The molecule has 188 valence electrons. The van der Waals surface area contributed by atoms with Gasteiger partial charge in [0.25, 0.3) is 0 Å². The molecule has 2 unspecified atom stereocenters. The molecule has 1 aliphatic rings. The summed E-state index contributed by atoms with van der Waals surface area (Å²) >= 11 is 0. The van der Waals surface area contributed by atoms with Crippen LogP contribution in [0.5, 0.6) is 0 Å². The minimum atomic E-state index is -5.06. The van der Waals surface area contributed by atoms with Gasteiger partial charge in [-0.05, 0) is 6.08 Å². The van der Waals surface area contributed by atoms with Crippen molar-refractivity contribution in [1.29, 1.82) is 0 Å². The van der Waals surface area contributed by atoms with Crippen molar-refractivity contribution >= 4 is 38.5 Å². The fraction of sp³-hybridized carbons (Fsp3) is 0.467. The zero-order valence-electron chi connectivity index (χ0n) is 17.4. The second kappa shape index (κ2) is 10.5. The number of amides is 1. The third-order valence-electron chi connectivity index (χ3n) is 4.48. The monoisotopic (exact) mass is 523 g/mol. The number of anilines is 1. The van der Waals surface area contributed by atoms with Crippen LogP contribution in [0.25, 0.3) is 11.2 Å². The van der Waals surface area contributed by atoms with Crippen molar-refractivity contribution < 1.29 is 47.1 Å². The number of nitrogens with one attached hydrogen (secondary N) is 1. The molecule has 1 fully saturated rings. The summed E-state index contributed by atoms with van der Waals surface area (Å²) in [6.07, 6.45) is -2.14. The van der Waals surface area contributed by atoms with Gasteiger partial charge in [0.2, 0.25) is 5.91 Å². The van der Waals surface area contributed by atoms with Gasteiger partial charge in [0.15, 0.2) is 17.7 Å². The topological polar surface area (TPSA) is 256 Å². The lowest BCUT2D eigenvalue weighted by Crippen LogP contribution is -2.33. The Kier molecular flexibility index (Phi) is 8.15. The van der Waals surface area contributed by atoms with Gasteiger partial charge in [-0.3, -0.25) is 18.4 Å². The number of carbonyl (C=O) groups is 1. The van der Waals surface area contributed by atoms with E-state index in [1.165, 1.54) is 17.2 Å². The molecule has 0 saturated carbocycles. The molecule has 0 aliphatic carbocycles. The first-order chi connectivity index (χ1) is 15.9. The van der Waals surface area contributed by atoms with Crippen LogP contribution in [0, 0.1) is 0 Å². The molecule has 0 radical (unpaired) electrons. The highest BCUT2D eigenvalue weighted by atomic mass is 31.3. The largest absolute Gasteiger partial charge is 0.480 e. The second-order valence-corrected chi connectivity index (χ2v) is 10.0. The maximum Gasteiger partial charge on any atom is 0.480 e. The fourth-order valence-corrected chi connectivity index (χ4v) is 5.14. The van der Waals surface area contributed by atoms with E-state index in [2.05, 4.69) is 35.7 Å². The Morgan fingerprint density at radius 3 is 2.74 bits per heavy atom. The van der Waals surface area contributed by atoms with E-state index >= 15 is 0 Å². The number of nitrogens with zero attached hydrogens (tertiary/aromatic N) is 4. The molecular formula is C15H23N7O10P2. The number of nitrogen functional groups attached to an aromatic ring is 1. The summed E-state index contributed by atoms with van der Waals surface area (Å²) in [6.45, 7) is 1.93. The summed E-state index contributed by atoms with van der Waals surface area (Å²) in [5, 5.41) is 23.0. The van der Waals surface area contributed by atoms with E-state index in [1.54, 1.807) is 0 Å². The molecule has 34 heavy (non-hydrogen) atoms. The van der Waals surface area contributed by atoms with Crippen LogP contribution in [0.1, 0.15) is 6.23 Å². The zero-order valence-corrected chi connectivity index (χ0v) is 19.2. The highest BCUT2D eigenvalue weighted by Crippen LogP contribution is 2.58. The van der Waals surface area contributed by atoms with Crippen LogP contribution in [0.4, 0.5) is 5.82 Å². The minimum absolute atomic E-state index is 0.0894. The number of phosphoric acid groups is 1. The average molecular weight is 523 g/mol. The van der Waals surface area contributed by atoms with E-state index in [4.69, 9.17) is 20.5 Å². The van der Waals surface area contributed by atoms with Gasteiger partial charge in [-0.25, -0.2) is 29.6 Å². The molecular weight excluding hydrogens is 500 g/mol. The van der Waals surface area contributed by atoms with Crippen molar-refractivity contribution in [3.05, 3.63) is 25.3 Å². The van der Waals surface area contributed by atoms with Crippen LogP contribution >= 0.6 is 15.6 Å². The van der Waals surface area contributed by atoms with Crippen LogP contribution in [-0.4, -0.2) is 78.6 Å². The fourth-order valence-electron chi connectivity index (χ4n) is 2.93. The van der Waals surface area contributed by atoms with Gasteiger partial charge in [-0.15, -0.1) is 0 Å². The number of aliphatic hydroxyl groups excluding tert-OH is 2. The number of hydrogen-bond donors (Lipinski definition) is 6. The average Bonchev–Trinajstić information content (AvgIpc) is 3.31. The Morgan fingerprint density at radius 2 is 2.03 bits per heavy atom. The first-order valence-electron chi connectivity index (χ1n) is 9.51. The van der Waals surface area contributed by atoms with Gasteiger partial charge in [0, 0.05) is 6.54 Å². The van der Waals surface area contributed by atoms with Crippen molar-refractivity contribution in [3.63, 3.8) is 0 Å². The number of hydrogen-bond acceptors (Lipinski definition) is 13. The highest BCUT2D eigenvalue weighted by molar-refractivity contribution is 7.63. The third kappa shape index (κ3) is 6.22. The molecule has 0 spiro atoms. The molecule has 1 aliphatic heterocycles. The Balaban J connectivity index is 1.57. The smallest absolute Gasteiger partial charge is 0.387 e. The van der Waals surface area contributed by atoms with Crippen LogP contribution in [0.3, 0.4) is 0 Å². The Labute approximate surface area is 191 Å². The first-order valence-corrected chi connectivity index (χ1v) is 12.6. The van der Waals surface area contributed by atoms with E-state index in [0.717, 1.165) is 6.08 Å². The summed E-state index contributed by atoms with van der Waals surface area (Å²) < 4.78 is 44.8. The standard InChI is InChI=1S/C15H23N7O10P2/c1-2-9(23)18-3-4-29-33(17,26)32-34(27,28)30-5-8-11(24)12(25)15(31-8)22-7-21-10-13(16)19-6-20-14(10)22/h2,6-8,11-12,15,24-25H,1,3-5H2,(H2,17,26)(H,18,23)(H,27,28)(H2,16,19,20)/t8-,11-,12-,15-,33?/m1/s1. The van der Waals surface area contributed by atoms with Gasteiger partial charge >= 0.3 is 15.6 Å². The molecule has 3 heterocycles. The Morgan fingerprint density at radius 1 is 1.29 bits per heavy atom. The zero-order chi connectivity index (χ0) is 25.1. The predicted octanol–water partition coefficient (Wildman–Crippen LogP) is -1.45. The summed E-state index contributed by atoms with van der Waals surface area (Å²) in [4.78, 5) is 32.7. The number of phosphoric ester groups is 1. The van der Waals surface area contributed by atoms with E-state index in [9.17, 15) is 29.0 Å². The lowest BCUT2D eigenvalue weighted by Gasteiger charge is -2.20. The molecule has 2 aromatic heterocycles. The maximum atomic E-state index is 12.1. The normalized spacial score (nSPS) is 26.1. The number of carbonyl (C=O) groups excluding carboxylic acids is 1. The van der Waals surface area contributed by atoms with Crippen molar-refractivity contribution in [2.24, 2.45) is 5.50 Å². The molecule has 19 heteroatoms. The molecule has 0 aromatic carbocycles. The Hall–Kier alpha value is -2.30. The number of ether oxygens (including phenoxy) is 1. The van der Waals surface area contributed by atoms with Gasteiger partial charge < -0.3 is 30.9 Å². The predicted molar refractivity (Wildman–Crippen MR) is 113 cm³/mol. The molecule has 6 atom stereocenters. The maximum absolute atomic E-state index is 12.1. The first kappa shape index (κ1) is 26.3. The second-order valence-electron chi connectivity index (χ2n) is 6.84. The number of nitrogens with two attached hydrogens (primary N) is 2. The molecule has 8 N–H and O–H groups in total. The van der Waals surface area contributed by atoms with Crippen LogP contribution in [0.2, 0.25) is 0 Å². The van der Waals surface area contributed by atoms with E-state index < -0.39 is 59.2 Å². The van der Waals surface area contributed by atoms with Crippen molar-refractivity contribution in [3.8, 4) is 0 Å². The third-order valence-corrected chi connectivity index (χ3v) is 7.23. The molecule has 1 saturated heterocycles.